The van der Waals surface area contributed by atoms with Gasteiger partial charge in [-0.1, -0.05) is 13.8 Å². The van der Waals surface area contributed by atoms with Crippen molar-refractivity contribution in [2.45, 2.75) is 71.6 Å². The van der Waals surface area contributed by atoms with E-state index >= 15 is 0 Å². The summed E-state index contributed by atoms with van der Waals surface area (Å²) >= 11 is 0. The van der Waals surface area contributed by atoms with E-state index in [9.17, 15) is 9.59 Å². The summed E-state index contributed by atoms with van der Waals surface area (Å²) in [6.45, 7) is 12.3. The minimum atomic E-state index is -0.802. The van der Waals surface area contributed by atoms with Crippen LogP contribution in [0.15, 0.2) is 0 Å². The first-order valence-corrected chi connectivity index (χ1v) is 7.47. The summed E-state index contributed by atoms with van der Waals surface area (Å²) in [5.41, 5.74) is -1.59. The van der Waals surface area contributed by atoms with Gasteiger partial charge in [-0.2, -0.15) is 0 Å². The second kappa shape index (κ2) is 6.12. The average Bonchev–Trinajstić information content (AvgIpc) is 2.40. The molecule has 0 saturated carbocycles. The van der Waals surface area contributed by atoms with Crippen molar-refractivity contribution in [2.75, 3.05) is 13.2 Å². The number of hydrogen-bond donors (Lipinski definition) is 1. The van der Waals surface area contributed by atoms with E-state index in [-0.39, 0.29) is 17.9 Å². The van der Waals surface area contributed by atoms with Crippen LogP contribution in [0.4, 0.5) is 0 Å². The SMILES string of the molecule is CCC1(C)NC(=O)C(C)(CC)N(CCOC(C)C)C1=O. The van der Waals surface area contributed by atoms with Crippen LogP contribution in [-0.4, -0.2) is 47.0 Å². The van der Waals surface area contributed by atoms with Gasteiger partial charge in [-0.25, -0.2) is 0 Å². The maximum atomic E-state index is 12.7. The van der Waals surface area contributed by atoms with Gasteiger partial charge in [-0.3, -0.25) is 9.59 Å². The Hall–Kier alpha value is -1.10. The molecule has 0 aliphatic carbocycles. The van der Waals surface area contributed by atoms with E-state index in [0.29, 0.717) is 26.0 Å². The molecule has 1 rings (SSSR count). The number of carbonyl (C=O) groups is 2. The van der Waals surface area contributed by atoms with Crippen LogP contribution in [0.2, 0.25) is 0 Å². The van der Waals surface area contributed by atoms with E-state index in [1.54, 1.807) is 11.8 Å². The summed E-state index contributed by atoms with van der Waals surface area (Å²) in [7, 11) is 0. The molecule has 5 nitrogen and oxygen atoms in total. The van der Waals surface area contributed by atoms with Crippen molar-refractivity contribution in [3.8, 4) is 0 Å². The van der Waals surface area contributed by atoms with E-state index < -0.39 is 11.1 Å². The third-order valence-electron chi connectivity index (χ3n) is 4.35. The predicted molar refractivity (Wildman–Crippen MR) is 78.3 cm³/mol. The lowest BCUT2D eigenvalue weighted by molar-refractivity contribution is -0.163. The molecule has 116 valence electrons. The van der Waals surface area contributed by atoms with Crippen molar-refractivity contribution in [3.63, 3.8) is 0 Å². The van der Waals surface area contributed by atoms with Crippen LogP contribution in [0.1, 0.15) is 54.4 Å². The number of rotatable bonds is 6. The van der Waals surface area contributed by atoms with E-state index in [2.05, 4.69) is 5.32 Å². The summed E-state index contributed by atoms with van der Waals surface area (Å²) in [4.78, 5) is 26.9. The Bertz CT molecular complexity index is 383. The van der Waals surface area contributed by atoms with Crippen LogP contribution >= 0.6 is 0 Å². The van der Waals surface area contributed by atoms with Crippen molar-refractivity contribution >= 4 is 11.8 Å². The highest BCUT2D eigenvalue weighted by atomic mass is 16.5. The largest absolute Gasteiger partial charge is 0.377 e. The molecule has 1 aliphatic heterocycles. The number of ether oxygens (including phenoxy) is 1. The Morgan fingerprint density at radius 2 is 1.80 bits per heavy atom. The molecule has 1 heterocycles. The lowest BCUT2D eigenvalue weighted by Crippen LogP contribution is -2.74. The highest BCUT2D eigenvalue weighted by Gasteiger charge is 2.52. The van der Waals surface area contributed by atoms with E-state index in [1.165, 1.54) is 0 Å². The molecule has 0 aromatic rings. The van der Waals surface area contributed by atoms with Crippen molar-refractivity contribution < 1.29 is 14.3 Å². The number of amides is 2. The quantitative estimate of drug-likeness (QED) is 0.808. The molecule has 2 amide bonds. The second-order valence-electron chi connectivity index (χ2n) is 6.14. The summed E-state index contributed by atoms with van der Waals surface area (Å²) in [6, 6.07) is 0. The molecule has 1 aliphatic rings. The summed E-state index contributed by atoms with van der Waals surface area (Å²) < 4.78 is 5.54. The van der Waals surface area contributed by atoms with Crippen molar-refractivity contribution in [1.82, 2.24) is 10.2 Å². The van der Waals surface area contributed by atoms with Gasteiger partial charge in [-0.15, -0.1) is 0 Å². The van der Waals surface area contributed by atoms with Gasteiger partial charge >= 0.3 is 0 Å². The van der Waals surface area contributed by atoms with Crippen molar-refractivity contribution in [1.29, 1.82) is 0 Å². The van der Waals surface area contributed by atoms with E-state index in [1.807, 2.05) is 34.6 Å². The maximum Gasteiger partial charge on any atom is 0.248 e. The summed E-state index contributed by atoms with van der Waals surface area (Å²) in [6.07, 6.45) is 1.29. The molecule has 0 radical (unpaired) electrons. The second-order valence-corrected chi connectivity index (χ2v) is 6.14. The number of nitrogens with zero attached hydrogens (tertiary/aromatic N) is 1. The molecule has 1 N–H and O–H groups in total. The monoisotopic (exact) mass is 284 g/mol. The molecule has 0 bridgehead atoms. The van der Waals surface area contributed by atoms with Crippen molar-refractivity contribution in [3.05, 3.63) is 0 Å². The van der Waals surface area contributed by atoms with Gasteiger partial charge in [0.05, 0.1) is 12.7 Å². The molecule has 20 heavy (non-hydrogen) atoms. The van der Waals surface area contributed by atoms with Crippen molar-refractivity contribution in [2.24, 2.45) is 0 Å². The standard InChI is InChI=1S/C15H28N2O3/c1-7-14(5)13(19)17(9-10-20-11(3)4)15(6,8-2)12(18)16-14/h11H,7-10H2,1-6H3,(H,16,18). The smallest absolute Gasteiger partial charge is 0.248 e. The van der Waals surface area contributed by atoms with Gasteiger partial charge in [0.1, 0.15) is 11.1 Å². The minimum Gasteiger partial charge on any atom is -0.377 e. The first kappa shape index (κ1) is 17.0. The zero-order chi connectivity index (χ0) is 15.6. The fourth-order valence-corrected chi connectivity index (χ4v) is 2.40. The maximum absolute atomic E-state index is 12.7. The Kier molecular flexibility index (Phi) is 5.19. The fourth-order valence-electron chi connectivity index (χ4n) is 2.40. The highest BCUT2D eigenvalue weighted by molar-refractivity contribution is 6.01. The van der Waals surface area contributed by atoms with Gasteiger partial charge in [0.15, 0.2) is 0 Å². The number of carbonyl (C=O) groups excluding carboxylic acids is 2. The van der Waals surface area contributed by atoms with Gasteiger partial charge in [-0.05, 0) is 40.5 Å². The van der Waals surface area contributed by atoms with Crippen LogP contribution in [0.5, 0.6) is 0 Å². The normalized spacial score (nSPS) is 30.9. The number of piperazine rings is 1. The van der Waals surface area contributed by atoms with E-state index in [0.717, 1.165) is 0 Å². The molecule has 2 unspecified atom stereocenters. The molecule has 1 fully saturated rings. The average molecular weight is 284 g/mol. The van der Waals surface area contributed by atoms with Crippen LogP contribution in [0.3, 0.4) is 0 Å². The van der Waals surface area contributed by atoms with Crippen LogP contribution in [0, 0.1) is 0 Å². The van der Waals surface area contributed by atoms with E-state index in [4.69, 9.17) is 4.74 Å². The molecule has 2 atom stereocenters. The number of nitrogens with one attached hydrogen (secondary N) is 1. The Morgan fingerprint density at radius 1 is 1.20 bits per heavy atom. The molecular weight excluding hydrogens is 256 g/mol. The first-order valence-electron chi connectivity index (χ1n) is 7.47. The zero-order valence-corrected chi connectivity index (χ0v) is 13.6. The van der Waals surface area contributed by atoms with Crippen LogP contribution in [-0.2, 0) is 14.3 Å². The lowest BCUT2D eigenvalue weighted by Gasteiger charge is -2.49. The molecule has 0 aromatic heterocycles. The molecule has 0 spiro atoms. The Labute approximate surface area is 122 Å². The topological polar surface area (TPSA) is 58.6 Å². The van der Waals surface area contributed by atoms with Crippen LogP contribution < -0.4 is 5.32 Å². The Balaban J connectivity index is 2.97. The highest BCUT2D eigenvalue weighted by Crippen LogP contribution is 2.30. The fraction of sp³-hybridized carbons (Fsp3) is 0.867. The van der Waals surface area contributed by atoms with Gasteiger partial charge in [0.25, 0.3) is 0 Å². The molecule has 0 aromatic carbocycles. The first-order chi connectivity index (χ1) is 9.21. The molecular formula is C15H28N2O3. The summed E-state index contributed by atoms with van der Waals surface area (Å²) in [5.74, 6) is -0.0928. The summed E-state index contributed by atoms with van der Waals surface area (Å²) in [5, 5.41) is 2.89. The van der Waals surface area contributed by atoms with Gasteiger partial charge in [0, 0.05) is 6.54 Å². The van der Waals surface area contributed by atoms with Gasteiger partial charge < -0.3 is 15.0 Å². The third-order valence-corrected chi connectivity index (χ3v) is 4.35. The predicted octanol–water partition coefficient (Wildman–Crippen LogP) is 1.71. The molecule has 1 saturated heterocycles. The zero-order valence-electron chi connectivity index (χ0n) is 13.6. The van der Waals surface area contributed by atoms with Gasteiger partial charge in [0.2, 0.25) is 11.8 Å². The minimum absolute atomic E-state index is 0.0173. The molecule has 5 heteroatoms. The Morgan fingerprint density at radius 3 is 2.25 bits per heavy atom. The number of hydrogen-bond acceptors (Lipinski definition) is 3. The van der Waals surface area contributed by atoms with Crippen LogP contribution in [0.25, 0.3) is 0 Å². The third kappa shape index (κ3) is 2.97. The lowest BCUT2D eigenvalue weighted by atomic mass is 9.84.